The minimum absolute atomic E-state index is 0.261. The van der Waals surface area contributed by atoms with Crippen molar-refractivity contribution in [1.82, 2.24) is 15.3 Å². The van der Waals surface area contributed by atoms with Crippen LogP contribution < -0.4 is 22.1 Å². The predicted molar refractivity (Wildman–Crippen MR) is 111 cm³/mol. The summed E-state index contributed by atoms with van der Waals surface area (Å²) in [4.78, 5) is 23.4. The number of imidazole rings is 1. The molecule has 0 saturated carbocycles. The van der Waals surface area contributed by atoms with Crippen LogP contribution in [-0.2, 0) is 0 Å². The molecule has 8 heteroatoms. The molecule has 140 valence electrons. The first-order chi connectivity index (χ1) is 13.0. The van der Waals surface area contributed by atoms with Gasteiger partial charge in [-0.25, -0.2) is 14.8 Å². The number of amidine groups is 1. The molecular weight excluding hydrogens is 342 g/mol. The Labute approximate surface area is 157 Å². The number of rotatable bonds is 7. The van der Waals surface area contributed by atoms with E-state index in [1.54, 1.807) is 18.2 Å². The van der Waals surface area contributed by atoms with Crippen LogP contribution in [0.4, 0.5) is 10.7 Å². The number of benzene rings is 1. The van der Waals surface area contributed by atoms with Crippen LogP contribution in [0.3, 0.4) is 0 Å². The normalized spacial score (nSPS) is 12.3. The number of nitrogens with one attached hydrogen (secondary N) is 3. The molecule has 0 aliphatic carbocycles. The predicted octanol–water partition coefficient (Wildman–Crippen LogP) is 2.59. The number of allylic oxidation sites excluding steroid dienone is 4. The van der Waals surface area contributed by atoms with Gasteiger partial charge in [0.25, 0.3) is 0 Å². The van der Waals surface area contributed by atoms with Gasteiger partial charge in [-0.2, -0.15) is 0 Å². The van der Waals surface area contributed by atoms with Crippen LogP contribution >= 0.6 is 0 Å². The maximum atomic E-state index is 11.8. The van der Waals surface area contributed by atoms with E-state index in [0.717, 1.165) is 11.1 Å². The maximum absolute atomic E-state index is 11.8. The number of aliphatic imine (C=N–C) groups is 1. The number of aromatic nitrogens is 2. The van der Waals surface area contributed by atoms with Crippen molar-refractivity contribution in [2.24, 2.45) is 16.5 Å². The molecule has 0 aliphatic heterocycles. The fourth-order valence-electron chi connectivity index (χ4n) is 2.39. The highest BCUT2D eigenvalue weighted by atomic mass is 16.2. The molecule has 0 radical (unpaired) electrons. The van der Waals surface area contributed by atoms with Crippen molar-refractivity contribution in [1.29, 1.82) is 0 Å². The average Bonchev–Trinajstić information content (AvgIpc) is 3.04. The number of H-pyrrole nitrogens is 1. The van der Waals surface area contributed by atoms with Gasteiger partial charge in [-0.15, -0.1) is 0 Å². The van der Waals surface area contributed by atoms with E-state index in [0.29, 0.717) is 29.1 Å². The molecule has 0 aliphatic rings. The first-order valence-electron chi connectivity index (χ1n) is 8.28. The Hall–Kier alpha value is -3.81. The summed E-state index contributed by atoms with van der Waals surface area (Å²) in [6.07, 6.45) is 7.88. The van der Waals surface area contributed by atoms with Gasteiger partial charge in [-0.1, -0.05) is 25.3 Å². The number of urea groups is 1. The van der Waals surface area contributed by atoms with Crippen molar-refractivity contribution in [2.75, 3.05) is 11.9 Å². The fourth-order valence-corrected chi connectivity index (χ4v) is 2.39. The number of nitrogens with two attached hydrogens (primary N) is 2. The van der Waals surface area contributed by atoms with E-state index in [-0.39, 0.29) is 11.9 Å². The molecule has 2 aromatic rings. The third-order valence-electron chi connectivity index (χ3n) is 3.60. The molecule has 1 heterocycles. The van der Waals surface area contributed by atoms with Crippen molar-refractivity contribution in [3.8, 4) is 0 Å². The Morgan fingerprint density at radius 2 is 2.19 bits per heavy atom. The highest BCUT2D eigenvalue weighted by Gasteiger charge is 2.14. The van der Waals surface area contributed by atoms with E-state index in [1.807, 2.05) is 19.1 Å². The molecule has 2 amide bonds. The summed E-state index contributed by atoms with van der Waals surface area (Å²) in [7, 11) is 0. The van der Waals surface area contributed by atoms with E-state index < -0.39 is 0 Å². The van der Waals surface area contributed by atoms with Gasteiger partial charge in [0.05, 0.1) is 5.52 Å². The van der Waals surface area contributed by atoms with Gasteiger partial charge in [0.15, 0.2) is 0 Å². The van der Waals surface area contributed by atoms with Crippen molar-refractivity contribution >= 4 is 34.4 Å². The Bertz CT molecular complexity index is 950. The van der Waals surface area contributed by atoms with Crippen LogP contribution in [0.25, 0.3) is 16.6 Å². The Kier molecular flexibility index (Phi) is 6.54. The molecule has 1 aromatic carbocycles. The van der Waals surface area contributed by atoms with Crippen LogP contribution in [0.2, 0.25) is 0 Å². The van der Waals surface area contributed by atoms with E-state index >= 15 is 0 Å². The molecule has 0 spiro atoms. The monoisotopic (exact) mass is 365 g/mol. The van der Waals surface area contributed by atoms with E-state index in [2.05, 4.69) is 38.8 Å². The van der Waals surface area contributed by atoms with Crippen LogP contribution in [0.1, 0.15) is 18.1 Å². The molecule has 0 bridgehead atoms. The zero-order valence-electron chi connectivity index (χ0n) is 15.1. The molecule has 0 unspecified atom stereocenters. The lowest BCUT2D eigenvalue weighted by atomic mass is 10.0. The fraction of sp³-hybridized carbons (Fsp3) is 0.105. The maximum Gasteiger partial charge on any atom is 0.321 e. The van der Waals surface area contributed by atoms with E-state index in [4.69, 9.17) is 11.5 Å². The number of carbonyl (C=O) groups is 1. The van der Waals surface area contributed by atoms with Gasteiger partial charge in [0.1, 0.15) is 11.4 Å². The van der Waals surface area contributed by atoms with Crippen molar-refractivity contribution < 1.29 is 4.79 Å². The Balaban J connectivity index is 2.61. The number of aromatic amines is 1. The third kappa shape index (κ3) is 4.63. The largest absolute Gasteiger partial charge is 0.404 e. The van der Waals surface area contributed by atoms with Crippen molar-refractivity contribution in [3.05, 3.63) is 67.0 Å². The quantitative estimate of drug-likeness (QED) is 0.293. The van der Waals surface area contributed by atoms with Crippen LogP contribution in [-0.4, -0.2) is 28.4 Å². The summed E-state index contributed by atoms with van der Waals surface area (Å²) in [5.41, 5.74) is 15.2. The number of amides is 2. The number of nitrogens with zero attached hydrogens (tertiary/aromatic N) is 2. The Morgan fingerprint density at radius 1 is 1.41 bits per heavy atom. The van der Waals surface area contributed by atoms with Gasteiger partial charge in [0.2, 0.25) is 5.95 Å². The second-order valence-electron chi connectivity index (χ2n) is 5.41. The molecule has 2 rings (SSSR count). The average molecular weight is 365 g/mol. The lowest BCUT2D eigenvalue weighted by Gasteiger charge is -2.07. The third-order valence-corrected chi connectivity index (χ3v) is 3.60. The van der Waals surface area contributed by atoms with Crippen molar-refractivity contribution in [3.63, 3.8) is 0 Å². The number of hydrogen-bond acceptors (Lipinski definition) is 4. The summed E-state index contributed by atoms with van der Waals surface area (Å²) < 4.78 is 0. The van der Waals surface area contributed by atoms with Gasteiger partial charge in [0, 0.05) is 24.5 Å². The van der Waals surface area contributed by atoms with Crippen LogP contribution in [0, 0.1) is 0 Å². The minimum atomic E-state index is -0.359. The van der Waals surface area contributed by atoms with Gasteiger partial charge in [-0.05, 0) is 36.3 Å². The SMILES string of the molecule is C=C/C=C\N=C(N)c1cc(/C(C=C)=C/N)cc2[nH]c(NC(=O)NCC)nc12. The summed E-state index contributed by atoms with van der Waals surface area (Å²) >= 11 is 0. The highest BCUT2D eigenvalue weighted by molar-refractivity contribution is 6.09. The van der Waals surface area contributed by atoms with E-state index in [9.17, 15) is 4.79 Å². The van der Waals surface area contributed by atoms with Crippen LogP contribution in [0.15, 0.2) is 60.9 Å². The van der Waals surface area contributed by atoms with Gasteiger partial charge < -0.3 is 21.8 Å². The molecule has 8 nitrogen and oxygen atoms in total. The highest BCUT2D eigenvalue weighted by Crippen LogP contribution is 2.25. The van der Waals surface area contributed by atoms with Gasteiger partial charge >= 0.3 is 6.03 Å². The minimum Gasteiger partial charge on any atom is -0.404 e. The number of carbonyl (C=O) groups excluding carboxylic acids is 1. The first-order valence-corrected chi connectivity index (χ1v) is 8.28. The number of fused-ring (bicyclic) bond motifs is 1. The van der Waals surface area contributed by atoms with Crippen molar-refractivity contribution in [2.45, 2.75) is 6.92 Å². The molecule has 0 fully saturated rings. The zero-order valence-corrected chi connectivity index (χ0v) is 15.1. The molecule has 0 saturated heterocycles. The molecule has 0 atom stereocenters. The second-order valence-corrected chi connectivity index (χ2v) is 5.41. The first kappa shape index (κ1) is 19.5. The lowest BCUT2D eigenvalue weighted by Crippen LogP contribution is -2.28. The lowest BCUT2D eigenvalue weighted by molar-refractivity contribution is 0.252. The molecular formula is C19H23N7O. The number of hydrogen-bond donors (Lipinski definition) is 5. The smallest absolute Gasteiger partial charge is 0.321 e. The molecule has 1 aromatic heterocycles. The summed E-state index contributed by atoms with van der Waals surface area (Å²) in [6.45, 7) is 9.68. The van der Waals surface area contributed by atoms with E-state index in [1.165, 1.54) is 12.4 Å². The molecule has 7 N–H and O–H groups in total. The molecule has 27 heavy (non-hydrogen) atoms. The summed E-state index contributed by atoms with van der Waals surface area (Å²) in [6, 6.07) is 3.31. The topological polar surface area (TPSA) is 134 Å². The second kappa shape index (κ2) is 9.04. The van der Waals surface area contributed by atoms with Gasteiger partial charge in [-0.3, -0.25) is 5.32 Å². The van der Waals surface area contributed by atoms with Crippen LogP contribution in [0.5, 0.6) is 0 Å². The number of anilines is 1. The Morgan fingerprint density at radius 3 is 2.81 bits per heavy atom. The standard InChI is InChI=1S/C19H23N7O/c1-4-7-8-23-17(21)14-9-13(12(5-2)11-20)10-15-16(14)25-18(24-15)26-19(27)22-6-3/h4-5,7-11H,1-2,6,20H2,3H3,(H2,21,23)(H3,22,24,25,26,27)/b8-7-,12-11+. The summed E-state index contributed by atoms with van der Waals surface area (Å²) in [5, 5.41) is 5.29. The zero-order chi connectivity index (χ0) is 19.8. The summed E-state index contributed by atoms with van der Waals surface area (Å²) in [5.74, 6) is 0.553.